The number of benzene rings is 1. The summed E-state index contributed by atoms with van der Waals surface area (Å²) < 4.78 is 0. The summed E-state index contributed by atoms with van der Waals surface area (Å²) in [6.07, 6.45) is 2.00. The van der Waals surface area contributed by atoms with Gasteiger partial charge in [0.1, 0.15) is 23.9 Å². The molecule has 0 bridgehead atoms. The van der Waals surface area contributed by atoms with Crippen LogP contribution in [0.15, 0.2) is 36.8 Å². The third-order valence-electron chi connectivity index (χ3n) is 5.18. The number of nitrogens with one attached hydrogen (secondary N) is 4. The molecule has 15 heteroatoms. The molecule has 0 aliphatic heterocycles. The number of carboxylic acids is 1. The predicted octanol–water partition coefficient (Wildman–Crippen LogP) is -3.37. The Balaban J connectivity index is 2.15. The van der Waals surface area contributed by atoms with Crippen LogP contribution < -0.4 is 27.4 Å². The van der Waals surface area contributed by atoms with Gasteiger partial charge in [0.05, 0.1) is 25.4 Å². The van der Waals surface area contributed by atoms with Gasteiger partial charge in [-0.15, -0.1) is 0 Å². The summed E-state index contributed by atoms with van der Waals surface area (Å²) in [5.74, 6) is -4.94. The molecule has 2 aromatic rings. The average Bonchev–Trinajstić information content (AvgIpc) is 3.35. The molecular weight excluding hydrogens is 490 g/mol. The number of hydrogen-bond acceptors (Lipinski definition) is 9. The fourth-order valence-corrected chi connectivity index (χ4v) is 3.22. The molecular formula is C22H29N7O8. The zero-order valence-corrected chi connectivity index (χ0v) is 19.6. The largest absolute Gasteiger partial charge is 0.508 e. The standard InChI is InChI=1S/C22H29N7O8/c23-14(7-18(24)32)19(33)29-17(9-30)21(35)27-15(6-12-8-25-10-26-12)20(34)28-16(22(36)37)5-11-1-3-13(31)4-2-11/h1-4,8,10,14-17,30-31H,5-7,9,23H2,(H2,24,32)(H,25,26)(H,27,35)(H,28,34)(H,29,33)(H,36,37). The molecule has 11 N–H and O–H groups in total. The van der Waals surface area contributed by atoms with Crippen LogP contribution in [0.5, 0.6) is 5.75 Å². The van der Waals surface area contributed by atoms with Crippen LogP contribution in [-0.2, 0) is 36.8 Å². The molecule has 0 saturated carbocycles. The number of nitrogens with zero attached hydrogens (tertiary/aromatic N) is 1. The van der Waals surface area contributed by atoms with Crippen molar-refractivity contribution in [1.29, 1.82) is 0 Å². The minimum absolute atomic E-state index is 0.0110. The number of carboxylic acid groups (broad SMARTS) is 1. The van der Waals surface area contributed by atoms with E-state index in [0.717, 1.165) is 0 Å². The number of H-pyrrole nitrogens is 1. The average molecular weight is 520 g/mol. The van der Waals surface area contributed by atoms with E-state index in [-0.39, 0.29) is 18.6 Å². The molecule has 0 spiro atoms. The number of aliphatic hydroxyl groups is 1. The normalized spacial score (nSPS) is 14.0. The summed E-state index contributed by atoms with van der Waals surface area (Å²) in [5.41, 5.74) is 11.5. The van der Waals surface area contributed by atoms with E-state index >= 15 is 0 Å². The number of carbonyl (C=O) groups excluding carboxylic acids is 4. The van der Waals surface area contributed by atoms with E-state index in [2.05, 4.69) is 25.9 Å². The zero-order chi connectivity index (χ0) is 27.5. The van der Waals surface area contributed by atoms with Gasteiger partial charge in [-0.25, -0.2) is 9.78 Å². The lowest BCUT2D eigenvalue weighted by molar-refractivity contribution is -0.142. The monoisotopic (exact) mass is 519 g/mol. The molecule has 4 unspecified atom stereocenters. The van der Waals surface area contributed by atoms with Gasteiger partial charge in [0.25, 0.3) is 0 Å². The third kappa shape index (κ3) is 9.23. The fraction of sp³-hybridized carbons (Fsp3) is 0.364. The number of amides is 4. The van der Waals surface area contributed by atoms with Gasteiger partial charge in [-0.05, 0) is 17.7 Å². The maximum Gasteiger partial charge on any atom is 0.326 e. The van der Waals surface area contributed by atoms with Gasteiger partial charge in [0.15, 0.2) is 0 Å². The molecule has 0 aliphatic rings. The van der Waals surface area contributed by atoms with Crippen LogP contribution in [0, 0.1) is 0 Å². The first-order valence-electron chi connectivity index (χ1n) is 11.0. The topological polar surface area (TPSA) is 263 Å². The van der Waals surface area contributed by atoms with E-state index in [0.29, 0.717) is 11.3 Å². The molecule has 0 fully saturated rings. The SMILES string of the molecule is NC(=O)CC(N)C(=O)NC(CO)C(=O)NC(Cc1cnc[nH]1)C(=O)NC(Cc1ccc(O)cc1)C(=O)O. The number of nitrogens with two attached hydrogens (primary N) is 2. The maximum absolute atomic E-state index is 13.0. The Labute approximate surface area is 210 Å². The number of aromatic hydroxyl groups is 1. The fourth-order valence-electron chi connectivity index (χ4n) is 3.22. The summed E-state index contributed by atoms with van der Waals surface area (Å²) in [7, 11) is 0. The van der Waals surface area contributed by atoms with Crippen molar-refractivity contribution >= 4 is 29.6 Å². The Bertz CT molecular complexity index is 1090. The van der Waals surface area contributed by atoms with E-state index in [1.165, 1.54) is 36.8 Å². The minimum Gasteiger partial charge on any atom is -0.508 e. The van der Waals surface area contributed by atoms with E-state index < -0.39 is 66.8 Å². The number of rotatable bonds is 14. The highest BCUT2D eigenvalue weighted by Gasteiger charge is 2.31. The van der Waals surface area contributed by atoms with Crippen molar-refractivity contribution < 1.29 is 39.3 Å². The van der Waals surface area contributed by atoms with Gasteiger partial charge in [0, 0.05) is 24.7 Å². The number of primary amides is 1. The van der Waals surface area contributed by atoms with Crippen LogP contribution in [0.4, 0.5) is 0 Å². The van der Waals surface area contributed by atoms with Crippen molar-refractivity contribution in [2.45, 2.75) is 43.4 Å². The molecule has 4 atom stereocenters. The van der Waals surface area contributed by atoms with E-state index in [1.807, 2.05) is 0 Å². The Hall–Kier alpha value is -4.50. The van der Waals surface area contributed by atoms with Gasteiger partial charge in [0.2, 0.25) is 23.6 Å². The first-order valence-corrected chi connectivity index (χ1v) is 11.0. The first-order chi connectivity index (χ1) is 17.5. The van der Waals surface area contributed by atoms with Crippen LogP contribution in [0.3, 0.4) is 0 Å². The number of carbonyl (C=O) groups is 5. The second-order valence-electron chi connectivity index (χ2n) is 8.13. The lowest BCUT2D eigenvalue weighted by atomic mass is 10.0. The number of aromatic nitrogens is 2. The molecule has 37 heavy (non-hydrogen) atoms. The third-order valence-corrected chi connectivity index (χ3v) is 5.18. The van der Waals surface area contributed by atoms with Crippen molar-refractivity contribution in [3.63, 3.8) is 0 Å². The van der Waals surface area contributed by atoms with Crippen LogP contribution in [0.2, 0.25) is 0 Å². The Morgan fingerprint density at radius 1 is 0.919 bits per heavy atom. The Morgan fingerprint density at radius 3 is 2.05 bits per heavy atom. The number of phenols is 1. The molecule has 200 valence electrons. The molecule has 1 heterocycles. The number of aliphatic hydroxyl groups excluding tert-OH is 1. The van der Waals surface area contributed by atoms with Crippen molar-refractivity contribution in [2.75, 3.05) is 6.61 Å². The molecule has 0 aliphatic carbocycles. The van der Waals surface area contributed by atoms with E-state index in [9.17, 15) is 39.3 Å². The molecule has 0 radical (unpaired) electrons. The van der Waals surface area contributed by atoms with Crippen LogP contribution in [-0.4, -0.2) is 85.7 Å². The van der Waals surface area contributed by atoms with Crippen molar-refractivity contribution in [3.8, 4) is 5.75 Å². The summed E-state index contributed by atoms with van der Waals surface area (Å²) in [4.78, 5) is 67.3. The van der Waals surface area contributed by atoms with Crippen LogP contribution in [0.25, 0.3) is 0 Å². The second kappa shape index (κ2) is 13.6. The van der Waals surface area contributed by atoms with Gasteiger partial charge >= 0.3 is 5.97 Å². The minimum atomic E-state index is -1.53. The van der Waals surface area contributed by atoms with Gasteiger partial charge in [-0.2, -0.15) is 0 Å². The Kier molecular flexibility index (Phi) is 10.5. The first kappa shape index (κ1) is 28.7. The lowest BCUT2D eigenvalue weighted by Gasteiger charge is -2.24. The zero-order valence-electron chi connectivity index (χ0n) is 19.6. The smallest absolute Gasteiger partial charge is 0.326 e. The highest BCUT2D eigenvalue weighted by atomic mass is 16.4. The maximum atomic E-state index is 13.0. The van der Waals surface area contributed by atoms with Crippen molar-refractivity contribution in [3.05, 3.63) is 48.0 Å². The van der Waals surface area contributed by atoms with Gasteiger partial charge in [-0.1, -0.05) is 12.1 Å². The number of aromatic amines is 1. The molecule has 2 rings (SSSR count). The van der Waals surface area contributed by atoms with E-state index in [1.54, 1.807) is 0 Å². The summed E-state index contributed by atoms with van der Waals surface area (Å²) in [6.45, 7) is -0.863. The van der Waals surface area contributed by atoms with Crippen molar-refractivity contribution in [1.82, 2.24) is 25.9 Å². The number of phenolic OH excluding ortho intramolecular Hbond substituents is 1. The number of aliphatic carboxylic acids is 1. The molecule has 0 saturated heterocycles. The summed E-state index contributed by atoms with van der Waals surface area (Å²) in [6, 6.07) is 0.136. The van der Waals surface area contributed by atoms with Gasteiger partial charge < -0.3 is 47.7 Å². The lowest BCUT2D eigenvalue weighted by Crippen LogP contribution is -2.58. The van der Waals surface area contributed by atoms with E-state index in [4.69, 9.17) is 11.5 Å². The van der Waals surface area contributed by atoms with Crippen LogP contribution in [0.1, 0.15) is 17.7 Å². The highest BCUT2D eigenvalue weighted by Crippen LogP contribution is 2.12. The Morgan fingerprint density at radius 2 is 1.51 bits per heavy atom. The quantitative estimate of drug-likeness (QED) is 0.120. The number of hydrogen-bond donors (Lipinski definition) is 9. The summed E-state index contributed by atoms with van der Waals surface area (Å²) in [5, 5.41) is 35.5. The molecule has 4 amide bonds. The predicted molar refractivity (Wildman–Crippen MR) is 126 cm³/mol. The highest BCUT2D eigenvalue weighted by molar-refractivity contribution is 5.95. The molecule has 1 aromatic heterocycles. The molecule has 15 nitrogen and oxygen atoms in total. The second-order valence-corrected chi connectivity index (χ2v) is 8.13. The molecule has 1 aromatic carbocycles. The summed E-state index contributed by atoms with van der Waals surface area (Å²) >= 11 is 0. The van der Waals surface area contributed by atoms with Crippen LogP contribution >= 0.6 is 0 Å². The number of imidazole rings is 1. The van der Waals surface area contributed by atoms with Crippen molar-refractivity contribution in [2.24, 2.45) is 11.5 Å². The van der Waals surface area contributed by atoms with Gasteiger partial charge in [-0.3, -0.25) is 19.2 Å².